The van der Waals surface area contributed by atoms with Crippen LogP contribution in [0.2, 0.25) is 10.0 Å². The number of benzene rings is 3. The molecular formula is C25H20Cl2NO8PS. The van der Waals surface area contributed by atoms with Gasteiger partial charge in [0.25, 0.3) is 13.3 Å². The van der Waals surface area contributed by atoms with Gasteiger partial charge in [0.2, 0.25) is 0 Å². The predicted molar refractivity (Wildman–Crippen MR) is 146 cm³/mol. The number of amides is 1. The number of aromatic hydroxyl groups is 1. The molecule has 0 radical (unpaired) electrons. The summed E-state index contributed by atoms with van der Waals surface area (Å²) in [4.78, 5) is 34.9. The maximum Gasteiger partial charge on any atom is 0.352 e. The topological polar surface area (TPSA) is 158 Å². The fourth-order valence-electron chi connectivity index (χ4n) is 3.21. The average Bonchev–Trinajstić information content (AvgIpc) is 2.81. The number of nitrogens with one attached hydrogen (secondary N) is 1. The lowest BCUT2D eigenvalue weighted by atomic mass is 10.1. The summed E-state index contributed by atoms with van der Waals surface area (Å²) in [5, 5.41) is 21.0. The Bertz CT molecular complexity index is 1630. The van der Waals surface area contributed by atoms with E-state index in [1.165, 1.54) is 60.7 Å². The minimum absolute atomic E-state index is 0.00278. The number of phenolic OH excluding ortho intramolecular Hbond substituents is 1. The van der Waals surface area contributed by atoms with E-state index in [-0.39, 0.29) is 42.7 Å². The number of rotatable bonds is 8. The normalized spacial score (nSPS) is 13.7. The van der Waals surface area contributed by atoms with Gasteiger partial charge in [0.05, 0.1) is 20.5 Å². The molecule has 0 bridgehead atoms. The quantitative estimate of drug-likeness (QED) is 0.218. The molecule has 0 aliphatic carbocycles. The van der Waals surface area contributed by atoms with Crippen LogP contribution in [-0.4, -0.2) is 41.7 Å². The molecule has 3 aromatic rings. The van der Waals surface area contributed by atoms with Crippen LogP contribution in [0.3, 0.4) is 0 Å². The standard InChI is InChI=1S/C25H20Cl2NO8PS/c1-38(35,36)19-7-2-4-15(10-19)13-22(25(31)32)28-24(30)23-20(26)11-16(12-21(23)27)8-9-37(33,34)18-6-3-5-17(29)14-18/h2-14,29H,1H3,(H,28,30)(H,31,32)(H,33,34)/b9-8+,22-13+. The molecule has 0 aliphatic rings. The average molecular weight is 596 g/mol. The highest BCUT2D eigenvalue weighted by Gasteiger charge is 2.21. The van der Waals surface area contributed by atoms with E-state index in [0.717, 1.165) is 24.2 Å². The maximum absolute atomic E-state index is 12.9. The van der Waals surface area contributed by atoms with E-state index in [4.69, 9.17) is 23.2 Å². The molecule has 13 heteroatoms. The lowest BCUT2D eigenvalue weighted by Gasteiger charge is -2.11. The van der Waals surface area contributed by atoms with Crippen molar-refractivity contribution in [3.63, 3.8) is 0 Å². The van der Waals surface area contributed by atoms with E-state index in [0.29, 0.717) is 0 Å². The SMILES string of the molecule is CS(=O)(=O)c1cccc(/C=C(/NC(=O)c2c(Cl)cc(/C=C/P(=O)(O)c3cccc(O)c3)cc2Cl)C(=O)O)c1. The van der Waals surface area contributed by atoms with Crippen molar-refractivity contribution >= 4 is 69.7 Å². The van der Waals surface area contributed by atoms with Gasteiger partial charge in [-0.3, -0.25) is 9.36 Å². The van der Waals surface area contributed by atoms with Crippen molar-refractivity contribution in [2.75, 3.05) is 6.26 Å². The van der Waals surface area contributed by atoms with Gasteiger partial charge < -0.3 is 20.4 Å². The van der Waals surface area contributed by atoms with Crippen LogP contribution in [0.1, 0.15) is 21.5 Å². The summed E-state index contributed by atoms with van der Waals surface area (Å²) in [5.41, 5.74) is -0.326. The van der Waals surface area contributed by atoms with Crippen molar-refractivity contribution in [1.82, 2.24) is 5.32 Å². The molecule has 0 fully saturated rings. The van der Waals surface area contributed by atoms with Gasteiger partial charge in [0, 0.05) is 17.4 Å². The van der Waals surface area contributed by atoms with E-state index >= 15 is 0 Å². The van der Waals surface area contributed by atoms with Crippen LogP contribution < -0.4 is 10.6 Å². The van der Waals surface area contributed by atoms with E-state index in [1.807, 2.05) is 0 Å². The van der Waals surface area contributed by atoms with Crippen molar-refractivity contribution in [3.8, 4) is 5.75 Å². The van der Waals surface area contributed by atoms with Crippen molar-refractivity contribution < 1.29 is 37.7 Å². The Hall–Kier alpha value is -3.40. The third-order valence-electron chi connectivity index (χ3n) is 5.04. The summed E-state index contributed by atoms with van der Waals surface area (Å²) in [6, 6.07) is 13.4. The molecule has 0 saturated heterocycles. The van der Waals surface area contributed by atoms with Gasteiger partial charge in [-0.2, -0.15) is 0 Å². The summed E-state index contributed by atoms with van der Waals surface area (Å²) >= 11 is 12.5. The smallest absolute Gasteiger partial charge is 0.352 e. The van der Waals surface area contributed by atoms with Crippen LogP contribution in [0.5, 0.6) is 5.75 Å². The fourth-order valence-corrected chi connectivity index (χ4v) is 5.72. The summed E-state index contributed by atoms with van der Waals surface area (Å²) in [5.74, 6) is -1.61. The molecule has 4 N–H and O–H groups in total. The second-order valence-electron chi connectivity index (χ2n) is 7.98. The van der Waals surface area contributed by atoms with Crippen molar-refractivity contribution in [2.24, 2.45) is 0 Å². The Kier molecular flexibility index (Phi) is 8.86. The molecule has 1 amide bonds. The Labute approximate surface area is 228 Å². The molecule has 3 aromatic carbocycles. The van der Waals surface area contributed by atoms with Gasteiger partial charge in [-0.05, 0) is 65.7 Å². The minimum atomic E-state index is -3.99. The van der Waals surface area contributed by atoms with Gasteiger partial charge in [0.15, 0.2) is 9.84 Å². The minimum Gasteiger partial charge on any atom is -0.508 e. The highest BCUT2D eigenvalue weighted by molar-refractivity contribution is 7.90. The Balaban J connectivity index is 1.88. The number of hydrogen-bond acceptors (Lipinski definition) is 6. The first-order chi connectivity index (χ1) is 17.7. The molecule has 9 nitrogen and oxygen atoms in total. The number of aliphatic carboxylic acids is 1. The molecule has 0 aliphatic heterocycles. The highest BCUT2D eigenvalue weighted by Crippen LogP contribution is 2.42. The van der Waals surface area contributed by atoms with Gasteiger partial charge in [-0.15, -0.1) is 0 Å². The van der Waals surface area contributed by atoms with E-state index in [1.54, 1.807) is 0 Å². The van der Waals surface area contributed by atoms with Gasteiger partial charge in [-0.25, -0.2) is 13.2 Å². The van der Waals surface area contributed by atoms with E-state index in [9.17, 15) is 37.7 Å². The van der Waals surface area contributed by atoms with Crippen LogP contribution in [0.4, 0.5) is 0 Å². The largest absolute Gasteiger partial charge is 0.508 e. The molecule has 0 heterocycles. The lowest BCUT2D eigenvalue weighted by molar-refractivity contribution is -0.132. The number of hydrogen-bond donors (Lipinski definition) is 4. The number of carboxylic acids is 1. The zero-order chi connectivity index (χ0) is 28.3. The molecule has 0 aromatic heterocycles. The zero-order valence-corrected chi connectivity index (χ0v) is 22.7. The summed E-state index contributed by atoms with van der Waals surface area (Å²) < 4.78 is 36.2. The molecule has 1 unspecified atom stereocenters. The second kappa shape index (κ2) is 11.6. The van der Waals surface area contributed by atoms with Crippen LogP contribution in [0.25, 0.3) is 12.2 Å². The highest BCUT2D eigenvalue weighted by atomic mass is 35.5. The van der Waals surface area contributed by atoms with E-state index in [2.05, 4.69) is 5.32 Å². The van der Waals surface area contributed by atoms with Crippen LogP contribution in [0, 0.1) is 0 Å². The first-order valence-electron chi connectivity index (χ1n) is 10.5. The zero-order valence-electron chi connectivity index (χ0n) is 19.5. The Morgan fingerprint density at radius 2 is 1.61 bits per heavy atom. The Morgan fingerprint density at radius 1 is 0.974 bits per heavy atom. The van der Waals surface area contributed by atoms with Crippen molar-refractivity contribution in [2.45, 2.75) is 4.90 Å². The number of phenols is 1. The summed E-state index contributed by atoms with van der Waals surface area (Å²) in [6.45, 7) is 0. The maximum atomic E-state index is 12.9. The summed E-state index contributed by atoms with van der Waals surface area (Å²) in [6.07, 6.45) is 3.35. The second-order valence-corrected chi connectivity index (χ2v) is 12.9. The molecule has 0 spiro atoms. The van der Waals surface area contributed by atoms with Crippen molar-refractivity contribution in [1.29, 1.82) is 0 Å². The number of halogens is 2. The molecule has 198 valence electrons. The van der Waals surface area contributed by atoms with Gasteiger partial charge >= 0.3 is 5.97 Å². The molecule has 3 rings (SSSR count). The number of carbonyl (C=O) groups excluding carboxylic acids is 1. The monoisotopic (exact) mass is 595 g/mol. The first kappa shape index (κ1) is 29.2. The van der Waals surface area contributed by atoms with Crippen LogP contribution >= 0.6 is 30.6 Å². The van der Waals surface area contributed by atoms with Crippen LogP contribution in [-0.2, 0) is 19.2 Å². The van der Waals surface area contributed by atoms with E-state index < -0.39 is 34.8 Å². The van der Waals surface area contributed by atoms with Gasteiger partial charge in [0.1, 0.15) is 11.4 Å². The Morgan fingerprint density at radius 3 is 2.18 bits per heavy atom. The molecule has 1 atom stereocenters. The third-order valence-corrected chi connectivity index (χ3v) is 8.31. The molecule has 0 saturated carbocycles. The van der Waals surface area contributed by atoms with Gasteiger partial charge in [-0.1, -0.05) is 41.4 Å². The lowest BCUT2D eigenvalue weighted by Crippen LogP contribution is -2.27. The number of sulfone groups is 1. The fraction of sp³-hybridized carbons (Fsp3) is 0.0400. The van der Waals surface area contributed by atoms with Crippen LogP contribution in [0.15, 0.2) is 77.1 Å². The first-order valence-corrected chi connectivity index (χ1v) is 14.9. The van der Waals surface area contributed by atoms with Crippen molar-refractivity contribution in [3.05, 3.63) is 98.9 Å². The third kappa shape index (κ3) is 7.34. The predicted octanol–water partition coefficient (Wildman–Crippen LogP) is 4.52. The molecular weight excluding hydrogens is 576 g/mol. The molecule has 38 heavy (non-hydrogen) atoms. The number of carboxylic acid groups (broad SMARTS) is 1. The number of carbonyl (C=O) groups is 2. The summed E-state index contributed by atoms with van der Waals surface area (Å²) in [7, 11) is -7.54.